The molecule has 0 heterocycles. The van der Waals surface area contributed by atoms with Gasteiger partial charge >= 0.3 is 5.97 Å². The minimum atomic E-state index is -0.708. The first-order valence-corrected chi connectivity index (χ1v) is 7.43. The molecule has 0 aromatic carbocycles. The first-order valence-electron chi connectivity index (χ1n) is 7.43. The van der Waals surface area contributed by atoms with E-state index in [2.05, 4.69) is 6.08 Å². The highest BCUT2D eigenvalue weighted by atomic mass is 16.4. The first kappa shape index (κ1) is 12.3. The predicted molar refractivity (Wildman–Crippen MR) is 71.2 cm³/mol. The average molecular weight is 248 g/mol. The molecule has 2 heteroatoms. The van der Waals surface area contributed by atoms with Crippen molar-refractivity contribution in [3.63, 3.8) is 0 Å². The highest BCUT2D eigenvalue weighted by molar-refractivity contribution is 5.87. The van der Waals surface area contributed by atoms with Gasteiger partial charge in [0.05, 0.1) is 0 Å². The molecule has 0 spiro atoms. The fraction of sp³-hybridized carbons (Fsp3) is 0.812. The van der Waals surface area contributed by atoms with E-state index < -0.39 is 5.97 Å². The SMILES string of the molecule is CC(C)/C(=C\C12CC3CC(CC(C3)C1)C2)C(=O)O. The van der Waals surface area contributed by atoms with Gasteiger partial charge in [0, 0.05) is 5.57 Å². The van der Waals surface area contributed by atoms with Gasteiger partial charge in [-0.25, -0.2) is 4.79 Å². The van der Waals surface area contributed by atoms with Crippen LogP contribution in [0.2, 0.25) is 0 Å². The summed E-state index contributed by atoms with van der Waals surface area (Å²) in [7, 11) is 0. The number of aliphatic carboxylic acids is 1. The van der Waals surface area contributed by atoms with Crippen LogP contribution in [-0.4, -0.2) is 11.1 Å². The molecule has 1 N–H and O–H groups in total. The van der Waals surface area contributed by atoms with Gasteiger partial charge in [-0.15, -0.1) is 0 Å². The highest BCUT2D eigenvalue weighted by Crippen LogP contribution is 2.60. The lowest BCUT2D eigenvalue weighted by Crippen LogP contribution is -2.45. The molecule has 0 atom stereocenters. The zero-order valence-electron chi connectivity index (χ0n) is 11.5. The number of carbonyl (C=O) groups is 1. The van der Waals surface area contributed by atoms with Crippen molar-refractivity contribution in [3.8, 4) is 0 Å². The minimum absolute atomic E-state index is 0.135. The van der Waals surface area contributed by atoms with Crippen molar-refractivity contribution in [2.45, 2.75) is 52.4 Å². The van der Waals surface area contributed by atoms with E-state index in [-0.39, 0.29) is 11.3 Å². The van der Waals surface area contributed by atoms with Crippen LogP contribution in [0.5, 0.6) is 0 Å². The molecule has 0 radical (unpaired) electrons. The number of allylic oxidation sites excluding steroid dienone is 1. The molecular weight excluding hydrogens is 224 g/mol. The second-order valence-electron chi connectivity index (χ2n) is 7.34. The number of hydrogen-bond donors (Lipinski definition) is 1. The standard InChI is InChI=1S/C16H24O2/c1-10(2)14(15(17)18)9-16-6-11-3-12(7-16)5-13(4-11)8-16/h9-13H,3-8H2,1-2H3,(H,17,18)/b14-9+. The second-order valence-corrected chi connectivity index (χ2v) is 7.34. The van der Waals surface area contributed by atoms with Gasteiger partial charge in [-0.3, -0.25) is 0 Å². The van der Waals surface area contributed by atoms with Gasteiger partial charge in [-0.1, -0.05) is 19.9 Å². The molecule has 4 saturated carbocycles. The summed E-state index contributed by atoms with van der Waals surface area (Å²) in [6.07, 6.45) is 10.2. The lowest BCUT2D eigenvalue weighted by atomic mass is 9.49. The Labute approximate surface area is 109 Å². The van der Waals surface area contributed by atoms with E-state index >= 15 is 0 Å². The number of carboxylic acids is 1. The van der Waals surface area contributed by atoms with Crippen molar-refractivity contribution in [1.82, 2.24) is 0 Å². The van der Waals surface area contributed by atoms with Crippen LogP contribution in [0.1, 0.15) is 52.4 Å². The summed E-state index contributed by atoms with van der Waals surface area (Å²) in [5.74, 6) is 2.08. The third kappa shape index (κ3) is 2.00. The fourth-order valence-electron chi connectivity index (χ4n) is 5.16. The lowest BCUT2D eigenvalue weighted by Gasteiger charge is -2.56. The Morgan fingerprint density at radius 1 is 1.11 bits per heavy atom. The van der Waals surface area contributed by atoms with E-state index in [9.17, 15) is 9.90 Å². The maximum atomic E-state index is 11.4. The molecular formula is C16H24O2. The quantitative estimate of drug-likeness (QED) is 0.770. The molecule has 18 heavy (non-hydrogen) atoms. The molecule has 0 aliphatic heterocycles. The van der Waals surface area contributed by atoms with Crippen LogP contribution in [0.15, 0.2) is 11.6 Å². The Balaban J connectivity index is 1.91. The van der Waals surface area contributed by atoms with Gasteiger partial charge in [0.15, 0.2) is 0 Å². The topological polar surface area (TPSA) is 37.3 Å². The van der Waals surface area contributed by atoms with Crippen LogP contribution in [0.4, 0.5) is 0 Å². The molecule has 0 unspecified atom stereocenters. The Hall–Kier alpha value is -0.790. The zero-order valence-corrected chi connectivity index (χ0v) is 11.5. The molecule has 4 rings (SSSR count). The summed E-state index contributed by atoms with van der Waals surface area (Å²) in [4.78, 5) is 11.4. The summed E-state index contributed by atoms with van der Waals surface area (Å²) in [5, 5.41) is 9.38. The van der Waals surface area contributed by atoms with Crippen LogP contribution in [0.25, 0.3) is 0 Å². The summed E-state index contributed by atoms with van der Waals surface area (Å²) < 4.78 is 0. The Kier molecular flexibility index (Phi) is 2.80. The summed E-state index contributed by atoms with van der Waals surface area (Å²) in [5.41, 5.74) is 0.893. The molecule has 0 saturated heterocycles. The van der Waals surface area contributed by atoms with E-state index in [1.165, 1.54) is 38.5 Å². The largest absolute Gasteiger partial charge is 0.478 e. The van der Waals surface area contributed by atoms with Crippen molar-refractivity contribution in [3.05, 3.63) is 11.6 Å². The third-order valence-electron chi connectivity index (χ3n) is 5.42. The van der Waals surface area contributed by atoms with Crippen molar-refractivity contribution >= 4 is 5.97 Å². The van der Waals surface area contributed by atoms with E-state index in [0.29, 0.717) is 5.57 Å². The fourth-order valence-corrected chi connectivity index (χ4v) is 5.16. The summed E-state index contributed by atoms with van der Waals surface area (Å²) in [6.45, 7) is 4.00. The molecule has 0 aromatic heterocycles. The minimum Gasteiger partial charge on any atom is -0.478 e. The van der Waals surface area contributed by atoms with Crippen LogP contribution < -0.4 is 0 Å². The van der Waals surface area contributed by atoms with Crippen LogP contribution in [0, 0.1) is 29.1 Å². The van der Waals surface area contributed by atoms with Crippen molar-refractivity contribution in [1.29, 1.82) is 0 Å². The third-order valence-corrected chi connectivity index (χ3v) is 5.42. The van der Waals surface area contributed by atoms with Gasteiger partial charge in [-0.2, -0.15) is 0 Å². The number of rotatable bonds is 3. The smallest absolute Gasteiger partial charge is 0.331 e. The predicted octanol–water partition coefficient (Wildman–Crippen LogP) is 3.87. The number of hydrogen-bond acceptors (Lipinski definition) is 1. The Morgan fingerprint density at radius 2 is 1.56 bits per heavy atom. The first-order chi connectivity index (χ1) is 8.47. The van der Waals surface area contributed by atoms with Gasteiger partial charge in [0.1, 0.15) is 0 Å². The zero-order chi connectivity index (χ0) is 12.9. The Morgan fingerprint density at radius 3 is 1.89 bits per heavy atom. The monoisotopic (exact) mass is 248 g/mol. The molecule has 4 aliphatic carbocycles. The lowest BCUT2D eigenvalue weighted by molar-refractivity contribution is -0.133. The van der Waals surface area contributed by atoms with E-state index in [1.54, 1.807) is 0 Å². The average Bonchev–Trinajstić information content (AvgIpc) is 2.23. The van der Waals surface area contributed by atoms with Crippen molar-refractivity contribution in [2.75, 3.05) is 0 Å². The molecule has 0 amide bonds. The van der Waals surface area contributed by atoms with E-state index in [1.807, 2.05) is 13.8 Å². The molecule has 4 fully saturated rings. The summed E-state index contributed by atoms with van der Waals surface area (Å²) >= 11 is 0. The van der Waals surface area contributed by atoms with Crippen molar-refractivity contribution in [2.24, 2.45) is 29.1 Å². The second kappa shape index (κ2) is 4.11. The van der Waals surface area contributed by atoms with Gasteiger partial charge in [0.2, 0.25) is 0 Å². The molecule has 100 valence electrons. The van der Waals surface area contributed by atoms with E-state index in [4.69, 9.17) is 0 Å². The van der Waals surface area contributed by atoms with Gasteiger partial charge in [-0.05, 0) is 67.6 Å². The van der Waals surface area contributed by atoms with Crippen LogP contribution >= 0.6 is 0 Å². The molecule has 0 aromatic rings. The number of carboxylic acid groups (broad SMARTS) is 1. The normalized spacial score (nSPS) is 42.6. The van der Waals surface area contributed by atoms with E-state index in [0.717, 1.165) is 17.8 Å². The van der Waals surface area contributed by atoms with Crippen molar-refractivity contribution < 1.29 is 9.90 Å². The molecule has 4 bridgehead atoms. The molecule has 2 nitrogen and oxygen atoms in total. The highest BCUT2D eigenvalue weighted by Gasteiger charge is 2.50. The Bertz CT molecular complexity index is 357. The van der Waals surface area contributed by atoms with Crippen LogP contribution in [0.3, 0.4) is 0 Å². The maximum Gasteiger partial charge on any atom is 0.331 e. The maximum absolute atomic E-state index is 11.4. The summed E-state index contributed by atoms with van der Waals surface area (Å²) in [6, 6.07) is 0. The van der Waals surface area contributed by atoms with Gasteiger partial charge in [0.25, 0.3) is 0 Å². The molecule has 4 aliphatic rings. The van der Waals surface area contributed by atoms with Crippen LogP contribution in [-0.2, 0) is 4.79 Å². The van der Waals surface area contributed by atoms with Gasteiger partial charge < -0.3 is 5.11 Å².